The Bertz CT molecular complexity index is 945. The molecule has 0 atom stereocenters. The molecule has 1 aromatic heterocycles. The highest BCUT2D eigenvalue weighted by atomic mass is 19.1. The first-order valence-corrected chi connectivity index (χ1v) is 9.14. The zero-order valence-electron chi connectivity index (χ0n) is 15.5. The van der Waals surface area contributed by atoms with E-state index >= 15 is 0 Å². The maximum atomic E-state index is 14.4. The van der Waals surface area contributed by atoms with Crippen molar-refractivity contribution in [2.24, 2.45) is 5.92 Å². The molecule has 1 aliphatic rings. The summed E-state index contributed by atoms with van der Waals surface area (Å²) in [5.41, 5.74) is 0.474. The number of hydrogen-bond acceptors (Lipinski definition) is 3. The van der Waals surface area contributed by atoms with Crippen LogP contribution in [0.5, 0.6) is 0 Å². The molecule has 0 bridgehead atoms. The Balaban J connectivity index is 2.01. The van der Waals surface area contributed by atoms with Crippen molar-refractivity contribution in [1.29, 1.82) is 0 Å². The number of amides is 1. The van der Waals surface area contributed by atoms with Gasteiger partial charge in [-0.3, -0.25) is 14.4 Å². The van der Waals surface area contributed by atoms with Gasteiger partial charge in [-0.05, 0) is 24.5 Å². The van der Waals surface area contributed by atoms with Crippen LogP contribution in [0.15, 0.2) is 35.3 Å². The average molecular weight is 370 g/mol. The highest BCUT2D eigenvalue weighted by molar-refractivity contribution is 6.00. The minimum absolute atomic E-state index is 0.0408. The molecule has 1 N–H and O–H groups in total. The van der Waals surface area contributed by atoms with Crippen LogP contribution in [0.1, 0.15) is 57.5 Å². The smallest absolute Gasteiger partial charge is 0.263 e. The van der Waals surface area contributed by atoms with Gasteiger partial charge in [0.1, 0.15) is 11.4 Å². The fourth-order valence-corrected chi connectivity index (χ4v) is 3.29. The Morgan fingerprint density at radius 3 is 2.67 bits per heavy atom. The number of hydrogen-bond donors (Lipinski definition) is 1. The Labute approximate surface area is 157 Å². The maximum absolute atomic E-state index is 14.4. The zero-order valence-corrected chi connectivity index (χ0v) is 15.5. The molecule has 0 spiro atoms. The maximum Gasteiger partial charge on any atom is 0.263 e. The first-order valence-electron chi connectivity index (χ1n) is 9.14. The van der Waals surface area contributed by atoms with Crippen molar-refractivity contribution >= 4 is 11.7 Å². The molecule has 1 saturated carbocycles. The van der Waals surface area contributed by atoms with Gasteiger partial charge in [0.2, 0.25) is 0 Å². The van der Waals surface area contributed by atoms with Gasteiger partial charge in [0.15, 0.2) is 5.78 Å². The summed E-state index contributed by atoms with van der Waals surface area (Å²) in [6.45, 7) is 1.61. The van der Waals surface area contributed by atoms with Crippen molar-refractivity contribution in [3.05, 3.63) is 68.9 Å². The van der Waals surface area contributed by atoms with E-state index in [1.54, 1.807) is 25.1 Å². The number of benzene rings is 1. The van der Waals surface area contributed by atoms with Gasteiger partial charge < -0.3 is 9.88 Å². The Morgan fingerprint density at radius 1 is 1.30 bits per heavy atom. The third-order valence-electron chi connectivity index (χ3n) is 5.19. The van der Waals surface area contributed by atoms with Crippen LogP contribution in [-0.4, -0.2) is 23.3 Å². The number of aromatic nitrogens is 1. The molecular weight excluding hydrogens is 347 g/mol. The van der Waals surface area contributed by atoms with Gasteiger partial charge in [0.05, 0.1) is 6.54 Å². The van der Waals surface area contributed by atoms with Crippen LogP contribution in [-0.2, 0) is 6.54 Å². The predicted molar refractivity (Wildman–Crippen MR) is 101 cm³/mol. The van der Waals surface area contributed by atoms with Gasteiger partial charge >= 0.3 is 0 Å². The van der Waals surface area contributed by atoms with Crippen LogP contribution < -0.4 is 10.9 Å². The third kappa shape index (κ3) is 3.99. The van der Waals surface area contributed by atoms with Gasteiger partial charge in [-0.15, -0.1) is 0 Å². The lowest BCUT2D eigenvalue weighted by Crippen LogP contribution is -2.32. The van der Waals surface area contributed by atoms with Crippen molar-refractivity contribution in [3.8, 4) is 0 Å². The molecule has 0 unspecified atom stereocenters. The summed E-state index contributed by atoms with van der Waals surface area (Å²) >= 11 is 0. The van der Waals surface area contributed by atoms with Crippen LogP contribution in [0.25, 0.3) is 0 Å². The monoisotopic (exact) mass is 370 g/mol. The number of halogens is 1. The average Bonchev–Trinajstić information content (AvgIpc) is 2.62. The first kappa shape index (κ1) is 19.0. The number of Topliss-reactive ketones (excluding diaryl/α,β-unsaturated/α-hetero) is 1. The van der Waals surface area contributed by atoms with E-state index in [1.807, 2.05) is 0 Å². The summed E-state index contributed by atoms with van der Waals surface area (Å²) in [6, 6.07) is 6.31. The molecule has 27 heavy (non-hydrogen) atoms. The van der Waals surface area contributed by atoms with E-state index in [9.17, 15) is 18.8 Å². The number of nitrogens with zero attached hydrogens (tertiary/aromatic N) is 1. The van der Waals surface area contributed by atoms with Crippen molar-refractivity contribution in [1.82, 2.24) is 9.88 Å². The molecule has 1 aliphatic carbocycles. The van der Waals surface area contributed by atoms with Gasteiger partial charge in [0.25, 0.3) is 11.5 Å². The number of pyridine rings is 1. The van der Waals surface area contributed by atoms with Gasteiger partial charge in [-0.25, -0.2) is 4.39 Å². The van der Waals surface area contributed by atoms with Crippen molar-refractivity contribution in [2.75, 3.05) is 7.05 Å². The minimum atomic E-state index is -0.559. The van der Waals surface area contributed by atoms with E-state index < -0.39 is 17.3 Å². The molecule has 1 heterocycles. The lowest BCUT2D eigenvalue weighted by atomic mass is 9.81. The van der Waals surface area contributed by atoms with E-state index in [2.05, 4.69) is 5.32 Å². The molecule has 1 fully saturated rings. The molecule has 2 aromatic rings. The second-order valence-electron chi connectivity index (χ2n) is 7.13. The second-order valence-corrected chi connectivity index (χ2v) is 7.13. The molecule has 0 radical (unpaired) electrons. The molecule has 0 saturated heterocycles. The van der Waals surface area contributed by atoms with E-state index in [1.165, 1.54) is 23.9 Å². The Morgan fingerprint density at radius 2 is 2.04 bits per heavy atom. The lowest BCUT2D eigenvalue weighted by molar-refractivity contribution is 0.0935. The van der Waals surface area contributed by atoms with Gasteiger partial charge in [0, 0.05) is 30.8 Å². The van der Waals surface area contributed by atoms with E-state index in [-0.39, 0.29) is 17.9 Å². The van der Waals surface area contributed by atoms with Gasteiger partial charge in [-0.2, -0.15) is 0 Å². The van der Waals surface area contributed by atoms with Crippen molar-refractivity contribution in [3.63, 3.8) is 0 Å². The van der Waals surface area contributed by atoms with E-state index in [0.29, 0.717) is 29.0 Å². The number of aryl methyl sites for hydroxylation is 1. The quantitative estimate of drug-likeness (QED) is 0.795. The molecule has 6 heteroatoms. The molecule has 3 rings (SSSR count). The Hall–Kier alpha value is -2.76. The highest BCUT2D eigenvalue weighted by Gasteiger charge is 2.23. The zero-order chi connectivity index (χ0) is 19.6. The summed E-state index contributed by atoms with van der Waals surface area (Å²) in [4.78, 5) is 37.4. The fraction of sp³-hybridized carbons (Fsp3) is 0.381. The molecular formula is C21H23FN2O3. The summed E-state index contributed by atoms with van der Waals surface area (Å²) in [5.74, 6) is -0.673. The van der Waals surface area contributed by atoms with E-state index in [0.717, 1.165) is 19.3 Å². The topological polar surface area (TPSA) is 68.2 Å². The SMILES string of the molecule is CNC(=O)c1cc(C(=O)CC2CCC2)cn(Cc2cccc(C)c2F)c1=O. The summed E-state index contributed by atoms with van der Waals surface area (Å²) in [5, 5.41) is 2.43. The van der Waals surface area contributed by atoms with Crippen LogP contribution in [0.4, 0.5) is 4.39 Å². The number of carbonyl (C=O) groups is 2. The summed E-state index contributed by atoms with van der Waals surface area (Å²) < 4.78 is 15.6. The molecule has 142 valence electrons. The Kier molecular flexibility index (Phi) is 5.54. The normalized spacial score (nSPS) is 13.9. The third-order valence-corrected chi connectivity index (χ3v) is 5.19. The number of nitrogens with one attached hydrogen (secondary N) is 1. The standard InChI is InChI=1S/C21H23FN2O3/c1-13-5-3-8-15(19(13)22)11-24-12-16(18(25)9-14-6-4-7-14)10-17(21(24)27)20(26)23-2/h3,5,8,10,12,14H,4,6-7,9,11H2,1-2H3,(H,23,26). The van der Waals surface area contributed by atoms with Crippen molar-refractivity contribution in [2.45, 2.75) is 39.2 Å². The molecule has 0 aliphatic heterocycles. The summed E-state index contributed by atoms with van der Waals surface area (Å²) in [7, 11) is 1.43. The van der Waals surface area contributed by atoms with Gasteiger partial charge in [-0.1, -0.05) is 37.5 Å². The largest absolute Gasteiger partial charge is 0.355 e. The number of rotatable bonds is 6. The van der Waals surface area contributed by atoms with Crippen LogP contribution in [0, 0.1) is 18.7 Å². The number of ketones is 1. The predicted octanol–water partition coefficient (Wildman–Crippen LogP) is 3.08. The molecule has 1 aromatic carbocycles. The molecule has 1 amide bonds. The minimum Gasteiger partial charge on any atom is -0.355 e. The number of carbonyl (C=O) groups excluding carboxylic acids is 2. The van der Waals surface area contributed by atoms with Crippen LogP contribution in [0.2, 0.25) is 0 Å². The van der Waals surface area contributed by atoms with Crippen LogP contribution in [0.3, 0.4) is 0 Å². The lowest BCUT2D eigenvalue weighted by Gasteiger charge is -2.24. The van der Waals surface area contributed by atoms with E-state index in [4.69, 9.17) is 0 Å². The van der Waals surface area contributed by atoms with Crippen molar-refractivity contribution < 1.29 is 14.0 Å². The summed E-state index contributed by atoms with van der Waals surface area (Å²) in [6.07, 6.45) is 5.04. The second kappa shape index (κ2) is 7.86. The molecule has 5 nitrogen and oxygen atoms in total. The van der Waals surface area contributed by atoms with Crippen LogP contribution >= 0.6 is 0 Å². The highest BCUT2D eigenvalue weighted by Crippen LogP contribution is 2.30. The first-order chi connectivity index (χ1) is 12.9. The fourth-order valence-electron chi connectivity index (χ4n) is 3.29.